The van der Waals surface area contributed by atoms with Crippen LogP contribution in [0.2, 0.25) is 0 Å². The number of methoxy groups -OCH3 is 1. The molecule has 168 valence electrons. The lowest BCUT2D eigenvalue weighted by atomic mass is 9.49. The van der Waals surface area contributed by atoms with Crippen LogP contribution in [0.15, 0.2) is 24.3 Å². The van der Waals surface area contributed by atoms with E-state index in [1.54, 1.807) is 12.1 Å². The molecule has 4 fully saturated rings. The van der Waals surface area contributed by atoms with Crippen molar-refractivity contribution in [3.05, 3.63) is 35.4 Å². The van der Waals surface area contributed by atoms with Gasteiger partial charge in [-0.3, -0.25) is 14.4 Å². The molecule has 1 N–H and O–H groups in total. The summed E-state index contributed by atoms with van der Waals surface area (Å²) in [5.41, 5.74) is 1.35. The van der Waals surface area contributed by atoms with Crippen LogP contribution in [0.25, 0.3) is 0 Å². The van der Waals surface area contributed by atoms with Gasteiger partial charge in [0, 0.05) is 23.6 Å². The van der Waals surface area contributed by atoms with Crippen LogP contribution >= 0.6 is 0 Å². The Morgan fingerprint density at radius 3 is 2.06 bits per heavy atom. The topological polar surface area (TPSA) is 75.7 Å². The van der Waals surface area contributed by atoms with Crippen molar-refractivity contribution in [3.8, 4) is 0 Å². The maximum absolute atomic E-state index is 13.1. The lowest BCUT2D eigenvalue weighted by molar-refractivity contribution is -0.146. The minimum atomic E-state index is -0.439. The van der Waals surface area contributed by atoms with Gasteiger partial charge in [-0.25, -0.2) is 0 Å². The Hall–Kier alpha value is -2.37. The molecule has 0 aliphatic heterocycles. The summed E-state index contributed by atoms with van der Waals surface area (Å²) in [6.07, 6.45) is 7.15. The van der Waals surface area contributed by atoms with Crippen molar-refractivity contribution in [2.75, 3.05) is 13.7 Å². The number of esters is 1. The van der Waals surface area contributed by atoms with Crippen molar-refractivity contribution in [2.24, 2.45) is 23.2 Å². The van der Waals surface area contributed by atoms with E-state index in [-0.39, 0.29) is 29.8 Å². The number of hydrogen-bond donors (Lipinski definition) is 1. The average molecular weight is 427 g/mol. The zero-order chi connectivity index (χ0) is 22.2. The predicted octanol–water partition coefficient (Wildman–Crippen LogP) is 3.54. The molecule has 1 aromatic carbocycles. The number of rotatable bonds is 7. The third kappa shape index (κ3) is 4.48. The molecular formula is C25H34N2O4. The molecule has 0 heterocycles. The molecule has 0 spiro atoms. The number of hydrogen-bond acceptors (Lipinski definition) is 4. The summed E-state index contributed by atoms with van der Waals surface area (Å²) in [7, 11) is 1.32. The second-order valence-corrected chi connectivity index (χ2v) is 10.2. The van der Waals surface area contributed by atoms with Crippen LogP contribution in [0.5, 0.6) is 0 Å². The zero-order valence-electron chi connectivity index (χ0n) is 18.9. The standard InChI is InChI=1S/C25H34N2O4/c1-16(2)27(15-22(28)31-3)23(29)21-6-4-17(5-7-21)14-26-24(30)25-11-18-8-19(12-25)10-20(9-18)13-25/h4-7,16,18-20H,8-15H2,1-3H3,(H,26,30). The monoisotopic (exact) mass is 426 g/mol. The van der Waals surface area contributed by atoms with Crippen molar-refractivity contribution in [2.45, 2.75) is 65.0 Å². The fourth-order valence-corrected chi connectivity index (χ4v) is 6.38. The number of nitrogens with one attached hydrogen (secondary N) is 1. The van der Waals surface area contributed by atoms with Crippen LogP contribution in [0.1, 0.15) is 68.3 Å². The second kappa shape index (κ2) is 8.64. The number of carbonyl (C=O) groups excluding carboxylic acids is 3. The number of amides is 2. The van der Waals surface area contributed by atoms with Crippen molar-refractivity contribution in [3.63, 3.8) is 0 Å². The predicted molar refractivity (Wildman–Crippen MR) is 117 cm³/mol. The second-order valence-electron chi connectivity index (χ2n) is 10.2. The Morgan fingerprint density at radius 1 is 1.03 bits per heavy atom. The first kappa shape index (κ1) is 21.8. The minimum Gasteiger partial charge on any atom is -0.468 e. The van der Waals surface area contributed by atoms with E-state index in [0.717, 1.165) is 42.6 Å². The Kier molecular flexibility index (Phi) is 6.09. The van der Waals surface area contributed by atoms with E-state index in [1.807, 2.05) is 26.0 Å². The number of carbonyl (C=O) groups is 3. The van der Waals surface area contributed by atoms with Crippen LogP contribution in [0.3, 0.4) is 0 Å². The highest BCUT2D eigenvalue weighted by Crippen LogP contribution is 2.60. The molecule has 5 rings (SSSR count). The molecule has 0 unspecified atom stereocenters. The summed E-state index contributed by atoms with van der Waals surface area (Å²) in [6.45, 7) is 4.14. The van der Waals surface area contributed by atoms with Crippen molar-refractivity contribution >= 4 is 17.8 Å². The van der Waals surface area contributed by atoms with E-state index in [9.17, 15) is 14.4 Å². The van der Waals surface area contributed by atoms with Crippen molar-refractivity contribution in [1.82, 2.24) is 10.2 Å². The van der Waals surface area contributed by atoms with Gasteiger partial charge in [0.05, 0.1) is 7.11 Å². The van der Waals surface area contributed by atoms with Gasteiger partial charge < -0.3 is 15.0 Å². The lowest BCUT2D eigenvalue weighted by Crippen LogP contribution is -2.53. The molecule has 0 aromatic heterocycles. The molecule has 1 aromatic rings. The minimum absolute atomic E-state index is 0.0735. The van der Waals surface area contributed by atoms with Gasteiger partial charge in [0.1, 0.15) is 6.54 Å². The molecule has 0 atom stereocenters. The van der Waals surface area contributed by atoms with Gasteiger partial charge >= 0.3 is 5.97 Å². The third-order valence-corrected chi connectivity index (χ3v) is 7.59. The fourth-order valence-electron chi connectivity index (χ4n) is 6.38. The molecular weight excluding hydrogens is 392 g/mol. The molecule has 4 saturated carbocycles. The van der Waals surface area contributed by atoms with E-state index in [2.05, 4.69) is 5.32 Å². The van der Waals surface area contributed by atoms with E-state index >= 15 is 0 Å². The molecule has 31 heavy (non-hydrogen) atoms. The first-order valence-electron chi connectivity index (χ1n) is 11.5. The summed E-state index contributed by atoms with van der Waals surface area (Å²) in [6, 6.07) is 7.17. The van der Waals surface area contributed by atoms with Crippen LogP contribution in [0.4, 0.5) is 0 Å². The summed E-state index contributed by atoms with van der Waals surface area (Å²) in [4.78, 5) is 39.1. The molecule has 4 bridgehead atoms. The van der Waals surface area contributed by atoms with E-state index in [0.29, 0.717) is 12.1 Å². The van der Waals surface area contributed by atoms with Gasteiger partial charge in [-0.1, -0.05) is 12.1 Å². The molecule has 2 amide bonds. The van der Waals surface area contributed by atoms with Crippen molar-refractivity contribution in [1.29, 1.82) is 0 Å². The normalized spacial score (nSPS) is 28.5. The van der Waals surface area contributed by atoms with E-state index in [1.165, 1.54) is 31.3 Å². The first-order chi connectivity index (χ1) is 14.8. The van der Waals surface area contributed by atoms with Crippen LogP contribution in [-0.2, 0) is 20.9 Å². The van der Waals surface area contributed by atoms with Gasteiger partial charge in [0.15, 0.2) is 0 Å². The largest absolute Gasteiger partial charge is 0.468 e. The molecule has 4 aliphatic carbocycles. The Labute approximate surface area is 184 Å². The first-order valence-corrected chi connectivity index (χ1v) is 11.5. The van der Waals surface area contributed by atoms with Gasteiger partial charge in [0.25, 0.3) is 5.91 Å². The van der Waals surface area contributed by atoms with Crippen molar-refractivity contribution < 1.29 is 19.1 Å². The Balaban J connectivity index is 1.36. The van der Waals surface area contributed by atoms with Gasteiger partial charge in [-0.15, -0.1) is 0 Å². The highest BCUT2D eigenvalue weighted by atomic mass is 16.5. The third-order valence-electron chi connectivity index (χ3n) is 7.59. The quantitative estimate of drug-likeness (QED) is 0.677. The number of nitrogens with zero attached hydrogens (tertiary/aromatic N) is 1. The average Bonchev–Trinajstić information content (AvgIpc) is 2.74. The number of benzene rings is 1. The highest BCUT2D eigenvalue weighted by molar-refractivity contribution is 5.96. The lowest BCUT2D eigenvalue weighted by Gasteiger charge is -2.55. The van der Waals surface area contributed by atoms with E-state index < -0.39 is 5.97 Å². The summed E-state index contributed by atoms with van der Waals surface area (Å²) >= 11 is 0. The van der Waals surface area contributed by atoms with Crippen LogP contribution in [0, 0.1) is 23.2 Å². The SMILES string of the molecule is COC(=O)CN(C(=O)c1ccc(CNC(=O)C23CC4CC(CC(C4)C2)C3)cc1)C(C)C. The summed E-state index contributed by atoms with van der Waals surface area (Å²) in [5.74, 6) is 1.81. The maximum Gasteiger partial charge on any atom is 0.325 e. The summed E-state index contributed by atoms with van der Waals surface area (Å²) < 4.78 is 4.70. The Morgan fingerprint density at radius 2 is 1.58 bits per heavy atom. The molecule has 4 aliphatic rings. The van der Waals surface area contributed by atoms with Gasteiger partial charge in [0.2, 0.25) is 5.91 Å². The zero-order valence-corrected chi connectivity index (χ0v) is 18.9. The van der Waals surface area contributed by atoms with E-state index in [4.69, 9.17) is 4.74 Å². The van der Waals surface area contributed by atoms with Crippen LogP contribution in [-0.4, -0.2) is 42.4 Å². The van der Waals surface area contributed by atoms with Crippen LogP contribution < -0.4 is 5.32 Å². The molecule has 0 radical (unpaired) electrons. The van der Waals surface area contributed by atoms with Gasteiger partial charge in [-0.2, -0.15) is 0 Å². The molecule has 6 heteroatoms. The maximum atomic E-state index is 13.1. The highest BCUT2D eigenvalue weighted by Gasteiger charge is 2.54. The molecule has 6 nitrogen and oxygen atoms in total. The number of ether oxygens (including phenoxy) is 1. The fraction of sp³-hybridized carbons (Fsp3) is 0.640. The van der Waals surface area contributed by atoms with Gasteiger partial charge in [-0.05, 0) is 87.8 Å². The Bertz CT molecular complexity index is 810. The molecule has 0 saturated heterocycles. The summed E-state index contributed by atoms with van der Waals surface area (Å²) in [5, 5.41) is 3.18. The smallest absolute Gasteiger partial charge is 0.325 e.